The van der Waals surface area contributed by atoms with Gasteiger partial charge in [-0.25, -0.2) is 0 Å². The van der Waals surface area contributed by atoms with Crippen molar-refractivity contribution in [2.45, 2.75) is 19.4 Å². The van der Waals surface area contributed by atoms with Crippen LogP contribution < -0.4 is 10.6 Å². The van der Waals surface area contributed by atoms with Gasteiger partial charge in [-0.3, -0.25) is 4.79 Å². The molecule has 2 N–H and O–H groups in total. The van der Waals surface area contributed by atoms with Crippen molar-refractivity contribution in [3.05, 3.63) is 0 Å². The quantitative estimate of drug-likeness (QED) is 0.603. The predicted molar refractivity (Wildman–Crippen MR) is 45.9 cm³/mol. The van der Waals surface area contributed by atoms with Gasteiger partial charge >= 0.3 is 0 Å². The second kappa shape index (κ2) is 5.11. The van der Waals surface area contributed by atoms with E-state index in [0.717, 1.165) is 13.2 Å². The summed E-state index contributed by atoms with van der Waals surface area (Å²) in [6.07, 6.45) is 0.522. The summed E-state index contributed by atoms with van der Waals surface area (Å²) in [5, 5.41) is 5.98. The van der Waals surface area contributed by atoms with Crippen LogP contribution >= 0.6 is 0 Å². The molecule has 1 rings (SSSR count). The molecule has 0 aromatic heterocycles. The molecule has 1 unspecified atom stereocenters. The smallest absolute Gasteiger partial charge is 0.221 e. The molecule has 0 aromatic rings. The molecule has 0 radical (unpaired) electrons. The van der Waals surface area contributed by atoms with Crippen LogP contribution in [-0.2, 0) is 9.53 Å². The lowest BCUT2D eigenvalue weighted by Gasteiger charge is -2.22. The van der Waals surface area contributed by atoms with Crippen molar-refractivity contribution in [3.63, 3.8) is 0 Å². The molecule has 4 nitrogen and oxygen atoms in total. The van der Waals surface area contributed by atoms with Crippen LogP contribution in [0.3, 0.4) is 0 Å². The maximum atomic E-state index is 11.1. The highest BCUT2D eigenvalue weighted by Gasteiger charge is 2.15. The minimum absolute atomic E-state index is 0.0977. The van der Waals surface area contributed by atoms with Gasteiger partial charge in [-0.15, -0.1) is 0 Å². The second-order valence-corrected chi connectivity index (χ2v) is 2.88. The van der Waals surface area contributed by atoms with Gasteiger partial charge < -0.3 is 15.4 Å². The molecule has 70 valence electrons. The Morgan fingerprint density at radius 2 is 2.58 bits per heavy atom. The molecule has 1 atom stereocenters. The molecule has 1 heterocycles. The molecule has 0 aromatic carbocycles. The van der Waals surface area contributed by atoms with Gasteiger partial charge in [0, 0.05) is 25.6 Å². The van der Waals surface area contributed by atoms with Crippen molar-refractivity contribution in [1.29, 1.82) is 0 Å². The molecule has 0 bridgehead atoms. The molecule has 1 aliphatic rings. The standard InChI is InChI=1S/C8H16N2O2/c1-2-9-8(11)5-7-6-12-4-3-10-7/h7,10H,2-6H2,1H3,(H,9,11). The first-order valence-electron chi connectivity index (χ1n) is 4.40. The fraction of sp³-hybridized carbons (Fsp3) is 0.875. The molecule has 1 aliphatic heterocycles. The van der Waals surface area contributed by atoms with E-state index >= 15 is 0 Å². The maximum absolute atomic E-state index is 11.1. The number of rotatable bonds is 3. The number of carbonyl (C=O) groups excluding carboxylic acids is 1. The summed E-state index contributed by atoms with van der Waals surface area (Å²) in [6, 6.07) is 0.199. The van der Waals surface area contributed by atoms with Crippen LogP contribution in [0.25, 0.3) is 0 Å². The van der Waals surface area contributed by atoms with Gasteiger partial charge in [0.15, 0.2) is 0 Å². The molecule has 0 saturated carbocycles. The van der Waals surface area contributed by atoms with Crippen molar-refractivity contribution in [2.24, 2.45) is 0 Å². The third-order valence-electron chi connectivity index (χ3n) is 1.80. The van der Waals surface area contributed by atoms with E-state index in [-0.39, 0.29) is 11.9 Å². The van der Waals surface area contributed by atoms with E-state index in [2.05, 4.69) is 10.6 Å². The molecule has 12 heavy (non-hydrogen) atoms. The number of ether oxygens (including phenoxy) is 1. The third kappa shape index (κ3) is 3.19. The van der Waals surface area contributed by atoms with E-state index in [1.807, 2.05) is 6.92 Å². The van der Waals surface area contributed by atoms with E-state index < -0.39 is 0 Å². The molecule has 1 saturated heterocycles. The van der Waals surface area contributed by atoms with Gasteiger partial charge in [-0.05, 0) is 6.92 Å². The number of amides is 1. The Hall–Kier alpha value is -0.610. The number of carbonyl (C=O) groups is 1. The van der Waals surface area contributed by atoms with E-state index in [9.17, 15) is 4.79 Å². The van der Waals surface area contributed by atoms with Gasteiger partial charge in [0.2, 0.25) is 5.91 Å². The summed E-state index contributed by atoms with van der Waals surface area (Å²) in [5.41, 5.74) is 0. The Morgan fingerprint density at radius 1 is 1.75 bits per heavy atom. The lowest BCUT2D eigenvalue weighted by Crippen LogP contribution is -2.44. The SMILES string of the molecule is CCNC(=O)CC1COCCN1. The molecular formula is C8H16N2O2. The zero-order valence-electron chi connectivity index (χ0n) is 7.43. The minimum atomic E-state index is 0.0977. The highest BCUT2D eigenvalue weighted by atomic mass is 16.5. The van der Waals surface area contributed by atoms with E-state index in [4.69, 9.17) is 4.74 Å². The fourth-order valence-corrected chi connectivity index (χ4v) is 1.24. The van der Waals surface area contributed by atoms with Crippen molar-refractivity contribution in [1.82, 2.24) is 10.6 Å². The van der Waals surface area contributed by atoms with E-state index in [1.54, 1.807) is 0 Å². The average Bonchev–Trinajstić information content (AvgIpc) is 2.06. The summed E-state index contributed by atoms with van der Waals surface area (Å²) < 4.78 is 5.22. The summed E-state index contributed by atoms with van der Waals surface area (Å²) >= 11 is 0. The van der Waals surface area contributed by atoms with Crippen LogP contribution in [0, 0.1) is 0 Å². The maximum Gasteiger partial charge on any atom is 0.221 e. The summed E-state index contributed by atoms with van der Waals surface area (Å²) in [5.74, 6) is 0.0977. The average molecular weight is 172 g/mol. The van der Waals surface area contributed by atoms with Gasteiger partial charge in [0.25, 0.3) is 0 Å². The van der Waals surface area contributed by atoms with Gasteiger partial charge in [0.05, 0.1) is 13.2 Å². The highest BCUT2D eigenvalue weighted by Crippen LogP contribution is 1.97. The molecular weight excluding hydrogens is 156 g/mol. The Labute approximate surface area is 72.7 Å². The molecule has 0 aliphatic carbocycles. The Morgan fingerprint density at radius 3 is 3.17 bits per heavy atom. The topological polar surface area (TPSA) is 50.4 Å². The predicted octanol–water partition coefficient (Wildman–Crippen LogP) is -0.499. The van der Waals surface area contributed by atoms with E-state index in [0.29, 0.717) is 19.6 Å². The van der Waals surface area contributed by atoms with Crippen LogP contribution in [0.5, 0.6) is 0 Å². The zero-order valence-corrected chi connectivity index (χ0v) is 7.43. The van der Waals surface area contributed by atoms with Crippen molar-refractivity contribution < 1.29 is 9.53 Å². The Kier molecular flexibility index (Phi) is 4.04. The first-order chi connectivity index (χ1) is 5.83. The van der Waals surface area contributed by atoms with Crippen molar-refractivity contribution in [3.8, 4) is 0 Å². The van der Waals surface area contributed by atoms with Crippen LogP contribution in [-0.4, -0.2) is 38.3 Å². The number of morpholine rings is 1. The largest absolute Gasteiger partial charge is 0.378 e. The lowest BCUT2D eigenvalue weighted by atomic mass is 10.2. The number of hydrogen-bond donors (Lipinski definition) is 2. The first kappa shape index (κ1) is 9.48. The Balaban J connectivity index is 2.15. The van der Waals surface area contributed by atoms with Gasteiger partial charge in [-0.1, -0.05) is 0 Å². The highest BCUT2D eigenvalue weighted by molar-refractivity contribution is 5.76. The monoisotopic (exact) mass is 172 g/mol. The molecule has 4 heteroatoms. The zero-order chi connectivity index (χ0) is 8.81. The summed E-state index contributed by atoms with van der Waals surface area (Å²) in [7, 11) is 0. The molecule has 0 spiro atoms. The normalized spacial score (nSPS) is 23.6. The Bertz CT molecular complexity index is 144. The first-order valence-corrected chi connectivity index (χ1v) is 4.40. The number of nitrogens with one attached hydrogen (secondary N) is 2. The van der Waals surface area contributed by atoms with Crippen molar-refractivity contribution >= 4 is 5.91 Å². The summed E-state index contributed by atoms with van der Waals surface area (Å²) in [6.45, 7) is 4.88. The third-order valence-corrected chi connectivity index (χ3v) is 1.80. The van der Waals surface area contributed by atoms with Gasteiger partial charge in [-0.2, -0.15) is 0 Å². The fourth-order valence-electron chi connectivity index (χ4n) is 1.24. The lowest BCUT2D eigenvalue weighted by molar-refractivity contribution is -0.122. The molecule has 1 fully saturated rings. The molecule has 1 amide bonds. The van der Waals surface area contributed by atoms with Crippen molar-refractivity contribution in [2.75, 3.05) is 26.3 Å². The number of hydrogen-bond acceptors (Lipinski definition) is 3. The van der Waals surface area contributed by atoms with E-state index in [1.165, 1.54) is 0 Å². The second-order valence-electron chi connectivity index (χ2n) is 2.88. The van der Waals surface area contributed by atoms with Crippen LogP contribution in [0.15, 0.2) is 0 Å². The minimum Gasteiger partial charge on any atom is -0.378 e. The van der Waals surface area contributed by atoms with Gasteiger partial charge in [0.1, 0.15) is 0 Å². The van der Waals surface area contributed by atoms with Crippen LogP contribution in [0.4, 0.5) is 0 Å². The van der Waals surface area contributed by atoms with Crippen LogP contribution in [0.1, 0.15) is 13.3 Å². The summed E-state index contributed by atoms with van der Waals surface area (Å²) in [4.78, 5) is 11.1. The van der Waals surface area contributed by atoms with Crippen LogP contribution in [0.2, 0.25) is 0 Å².